The summed E-state index contributed by atoms with van der Waals surface area (Å²) in [5.41, 5.74) is 4.20. The van der Waals surface area contributed by atoms with Crippen molar-refractivity contribution in [1.29, 1.82) is 0 Å². The molecule has 0 spiro atoms. The molecule has 0 saturated carbocycles. The van der Waals surface area contributed by atoms with Gasteiger partial charge in [-0.25, -0.2) is 0 Å². The van der Waals surface area contributed by atoms with Crippen LogP contribution in [0, 0.1) is 5.41 Å². The van der Waals surface area contributed by atoms with Gasteiger partial charge in [-0.05, 0) is 0 Å². The molecule has 0 unspecified atom stereocenters. The second kappa shape index (κ2) is 2.62. The minimum absolute atomic E-state index is 0.0718. The van der Waals surface area contributed by atoms with E-state index in [-0.39, 0.29) is 6.42 Å². The van der Waals surface area contributed by atoms with Gasteiger partial charge in [0.25, 0.3) is 0 Å². The van der Waals surface area contributed by atoms with E-state index in [1.54, 1.807) is 20.1 Å². The number of hydrogen-bond donors (Lipinski definition) is 1. The third-order valence-corrected chi connectivity index (χ3v) is 1.18. The highest BCUT2D eigenvalue weighted by atomic mass is 16.1. The molecule has 0 heterocycles. The van der Waals surface area contributed by atoms with Gasteiger partial charge in [0.2, 0.25) is 5.91 Å². The molecule has 51 valence electrons. The molecule has 1 radical (unpaired) electrons. The van der Waals surface area contributed by atoms with Crippen molar-refractivity contribution in [2.75, 3.05) is 0 Å². The number of amides is 1. The van der Waals surface area contributed by atoms with Gasteiger partial charge >= 0.3 is 0 Å². The Bertz CT molecular complexity index is 129. The second-order valence-corrected chi connectivity index (χ2v) is 2.57. The average molecular weight is 128 g/mol. The molecule has 0 aromatic carbocycles. The van der Waals surface area contributed by atoms with Gasteiger partial charge in [0.15, 0.2) is 6.29 Å². The van der Waals surface area contributed by atoms with Crippen molar-refractivity contribution in [3.63, 3.8) is 0 Å². The standard InChI is InChI=1S/C6H10NO2/c1-6(2,3-4-8)5(7)9/h3H2,1-2H3,(H2,7,9). The summed E-state index contributed by atoms with van der Waals surface area (Å²) in [6.45, 7) is 3.22. The van der Waals surface area contributed by atoms with Crippen LogP contribution in [0.15, 0.2) is 0 Å². The molecule has 0 fully saturated rings. The first-order valence-electron chi connectivity index (χ1n) is 2.65. The summed E-state index contributed by atoms with van der Waals surface area (Å²) in [6, 6.07) is 0. The zero-order chi connectivity index (χ0) is 7.49. The lowest BCUT2D eigenvalue weighted by molar-refractivity contribution is -0.125. The van der Waals surface area contributed by atoms with Gasteiger partial charge in [0, 0.05) is 6.42 Å². The van der Waals surface area contributed by atoms with E-state index in [9.17, 15) is 9.59 Å². The Hall–Kier alpha value is -0.860. The maximum atomic E-state index is 10.5. The molecule has 0 atom stereocenters. The lowest BCUT2D eigenvalue weighted by Crippen LogP contribution is -2.31. The van der Waals surface area contributed by atoms with E-state index < -0.39 is 11.3 Å². The molecule has 0 bridgehead atoms. The summed E-state index contributed by atoms with van der Waals surface area (Å²) >= 11 is 0. The zero-order valence-corrected chi connectivity index (χ0v) is 5.60. The predicted molar refractivity (Wildman–Crippen MR) is 33.3 cm³/mol. The van der Waals surface area contributed by atoms with Gasteiger partial charge in [-0.15, -0.1) is 0 Å². The Labute approximate surface area is 54.2 Å². The number of hydrogen-bond acceptors (Lipinski definition) is 2. The third kappa shape index (κ3) is 2.26. The van der Waals surface area contributed by atoms with E-state index in [1.807, 2.05) is 0 Å². The van der Waals surface area contributed by atoms with E-state index in [0.717, 1.165) is 0 Å². The lowest BCUT2D eigenvalue weighted by atomic mass is 9.89. The van der Waals surface area contributed by atoms with Crippen molar-refractivity contribution in [3.8, 4) is 0 Å². The van der Waals surface area contributed by atoms with Gasteiger partial charge in [0.1, 0.15) is 0 Å². The van der Waals surface area contributed by atoms with Crippen molar-refractivity contribution >= 4 is 12.2 Å². The molecule has 0 saturated heterocycles. The second-order valence-electron chi connectivity index (χ2n) is 2.57. The van der Waals surface area contributed by atoms with Crippen LogP contribution in [0.5, 0.6) is 0 Å². The minimum atomic E-state index is -0.734. The van der Waals surface area contributed by atoms with Gasteiger partial charge in [0.05, 0.1) is 5.41 Å². The first-order valence-corrected chi connectivity index (χ1v) is 2.65. The van der Waals surface area contributed by atoms with Crippen LogP contribution in [0.4, 0.5) is 0 Å². The Morgan fingerprint density at radius 2 is 2.11 bits per heavy atom. The molecule has 0 aromatic rings. The maximum absolute atomic E-state index is 10.5. The Morgan fingerprint density at radius 3 is 2.22 bits per heavy atom. The first-order chi connectivity index (χ1) is 4.00. The van der Waals surface area contributed by atoms with Crippen molar-refractivity contribution in [1.82, 2.24) is 0 Å². The monoisotopic (exact) mass is 128 g/mol. The molecule has 0 aliphatic heterocycles. The van der Waals surface area contributed by atoms with Crippen LogP contribution in [0.2, 0.25) is 0 Å². The number of nitrogens with two attached hydrogens (primary N) is 1. The Kier molecular flexibility index (Phi) is 2.37. The number of rotatable bonds is 3. The molecule has 0 aliphatic rings. The molecule has 0 aliphatic carbocycles. The molecular weight excluding hydrogens is 118 g/mol. The van der Waals surface area contributed by atoms with Crippen LogP contribution in [0.3, 0.4) is 0 Å². The minimum Gasteiger partial charge on any atom is -0.369 e. The van der Waals surface area contributed by atoms with Gasteiger partial charge in [-0.3, -0.25) is 9.59 Å². The molecule has 3 heteroatoms. The van der Waals surface area contributed by atoms with Crippen LogP contribution in [0.25, 0.3) is 0 Å². The molecule has 2 N–H and O–H groups in total. The number of carbonyl (C=O) groups is 1. The van der Waals surface area contributed by atoms with Crippen LogP contribution >= 0.6 is 0 Å². The molecule has 1 amide bonds. The summed E-state index contributed by atoms with van der Waals surface area (Å²) in [7, 11) is 0. The van der Waals surface area contributed by atoms with Gasteiger partial charge < -0.3 is 5.73 Å². The van der Waals surface area contributed by atoms with Crippen LogP contribution in [0.1, 0.15) is 20.3 Å². The molecular formula is C6H10NO2. The van der Waals surface area contributed by atoms with Crippen molar-refractivity contribution in [2.45, 2.75) is 20.3 Å². The summed E-state index contributed by atoms with van der Waals surface area (Å²) in [4.78, 5) is 20.2. The first kappa shape index (κ1) is 8.14. The van der Waals surface area contributed by atoms with E-state index >= 15 is 0 Å². The van der Waals surface area contributed by atoms with E-state index in [1.165, 1.54) is 0 Å². The number of primary amides is 1. The lowest BCUT2D eigenvalue weighted by Gasteiger charge is -2.14. The van der Waals surface area contributed by atoms with Crippen molar-refractivity contribution in [3.05, 3.63) is 0 Å². The van der Waals surface area contributed by atoms with Crippen molar-refractivity contribution in [2.24, 2.45) is 11.1 Å². The van der Waals surface area contributed by atoms with E-state index in [0.29, 0.717) is 0 Å². The normalized spacial score (nSPS) is 10.9. The smallest absolute Gasteiger partial charge is 0.223 e. The van der Waals surface area contributed by atoms with Crippen LogP contribution < -0.4 is 5.73 Å². The molecule has 9 heavy (non-hydrogen) atoms. The number of carbonyl (C=O) groups excluding carboxylic acids is 2. The average Bonchev–Trinajstić information content (AvgIpc) is 1.65. The summed E-state index contributed by atoms with van der Waals surface area (Å²) < 4.78 is 0. The van der Waals surface area contributed by atoms with E-state index in [2.05, 4.69) is 0 Å². The highest BCUT2D eigenvalue weighted by Gasteiger charge is 2.24. The third-order valence-electron chi connectivity index (χ3n) is 1.18. The fourth-order valence-electron chi connectivity index (χ4n) is 0.268. The van der Waals surface area contributed by atoms with Gasteiger partial charge in [-0.1, -0.05) is 13.8 Å². The summed E-state index contributed by atoms with van der Waals surface area (Å²) in [5.74, 6) is -0.467. The fourth-order valence-corrected chi connectivity index (χ4v) is 0.268. The highest BCUT2D eigenvalue weighted by molar-refractivity contribution is 5.82. The topological polar surface area (TPSA) is 60.2 Å². The summed E-state index contributed by atoms with van der Waals surface area (Å²) in [5, 5.41) is 0. The zero-order valence-electron chi connectivity index (χ0n) is 5.60. The van der Waals surface area contributed by atoms with Crippen LogP contribution in [-0.4, -0.2) is 12.2 Å². The Morgan fingerprint density at radius 1 is 1.67 bits per heavy atom. The highest BCUT2D eigenvalue weighted by Crippen LogP contribution is 2.16. The molecule has 0 rings (SSSR count). The maximum Gasteiger partial charge on any atom is 0.223 e. The quantitative estimate of drug-likeness (QED) is 0.581. The largest absolute Gasteiger partial charge is 0.369 e. The predicted octanol–water partition coefficient (Wildman–Crippen LogP) is -0.00230. The van der Waals surface area contributed by atoms with Crippen molar-refractivity contribution < 1.29 is 9.59 Å². The molecule has 3 nitrogen and oxygen atoms in total. The van der Waals surface area contributed by atoms with Gasteiger partial charge in [-0.2, -0.15) is 0 Å². The fraction of sp³-hybridized carbons (Fsp3) is 0.667. The summed E-state index contributed by atoms with van der Waals surface area (Å²) in [6.07, 6.45) is 1.71. The van der Waals surface area contributed by atoms with Crippen LogP contribution in [-0.2, 0) is 9.59 Å². The van der Waals surface area contributed by atoms with E-state index in [4.69, 9.17) is 5.73 Å². The Balaban J connectivity index is 4.00. The molecule has 0 aromatic heterocycles. The SMILES string of the molecule is CC(C)(C[C]=O)C(N)=O.